The lowest BCUT2D eigenvalue weighted by molar-refractivity contribution is 0.0950. The first-order chi connectivity index (χ1) is 15.5. The SMILES string of the molecule is O=C(NCc1ccc(-n2ccnc2)c(F)c1)c1cnn(-c2ccc(Cl)cc2Cl)c1C1CC1. The Bertz CT molecular complexity index is 1300. The monoisotopic (exact) mass is 469 g/mol. The van der Waals surface area contributed by atoms with Crippen molar-refractivity contribution in [3.63, 3.8) is 0 Å². The Balaban J connectivity index is 1.36. The second kappa shape index (κ2) is 8.41. The highest BCUT2D eigenvalue weighted by Gasteiger charge is 2.33. The second-order valence-electron chi connectivity index (χ2n) is 7.66. The van der Waals surface area contributed by atoms with Gasteiger partial charge in [-0.15, -0.1) is 0 Å². The van der Waals surface area contributed by atoms with E-state index in [4.69, 9.17) is 23.2 Å². The third kappa shape index (κ3) is 4.01. The van der Waals surface area contributed by atoms with Crippen molar-refractivity contribution in [1.82, 2.24) is 24.6 Å². The Morgan fingerprint density at radius 3 is 2.66 bits per heavy atom. The summed E-state index contributed by atoms with van der Waals surface area (Å²) in [6.07, 6.45) is 8.31. The summed E-state index contributed by atoms with van der Waals surface area (Å²) >= 11 is 12.4. The zero-order valence-corrected chi connectivity index (χ0v) is 18.3. The number of nitrogens with zero attached hydrogens (tertiary/aromatic N) is 4. The first kappa shape index (κ1) is 20.7. The zero-order valence-electron chi connectivity index (χ0n) is 16.8. The lowest BCUT2D eigenvalue weighted by atomic mass is 10.1. The Morgan fingerprint density at radius 1 is 1.16 bits per heavy atom. The fraction of sp³-hybridized carbons (Fsp3) is 0.174. The lowest BCUT2D eigenvalue weighted by Crippen LogP contribution is -2.24. The third-order valence-corrected chi connectivity index (χ3v) is 5.94. The van der Waals surface area contributed by atoms with E-state index in [9.17, 15) is 9.18 Å². The van der Waals surface area contributed by atoms with Crippen molar-refractivity contribution >= 4 is 29.1 Å². The van der Waals surface area contributed by atoms with Gasteiger partial charge in [-0.3, -0.25) is 4.79 Å². The molecular weight excluding hydrogens is 452 g/mol. The van der Waals surface area contributed by atoms with Gasteiger partial charge in [0.2, 0.25) is 0 Å². The van der Waals surface area contributed by atoms with Gasteiger partial charge in [-0.2, -0.15) is 5.10 Å². The molecule has 0 saturated heterocycles. The van der Waals surface area contributed by atoms with Gasteiger partial charge in [0.15, 0.2) is 0 Å². The maximum atomic E-state index is 14.5. The van der Waals surface area contributed by atoms with Crippen LogP contribution in [0.25, 0.3) is 11.4 Å². The number of hydrogen-bond acceptors (Lipinski definition) is 3. The standard InChI is InChI=1S/C23H18Cl2FN5O/c24-16-4-6-20(18(25)10-16)31-22(15-2-3-15)17(12-29-31)23(32)28-11-14-1-5-21(19(26)9-14)30-8-7-27-13-30/h1,4-10,12-13,15H,2-3,11H2,(H,28,32). The molecule has 0 spiro atoms. The largest absolute Gasteiger partial charge is 0.348 e. The van der Waals surface area contributed by atoms with E-state index in [0.29, 0.717) is 32.5 Å². The van der Waals surface area contributed by atoms with Crippen molar-refractivity contribution in [3.05, 3.63) is 94.0 Å². The minimum absolute atomic E-state index is 0.191. The van der Waals surface area contributed by atoms with Crippen LogP contribution in [0.4, 0.5) is 4.39 Å². The Kier molecular flexibility index (Phi) is 5.45. The van der Waals surface area contributed by atoms with Gasteiger partial charge in [0.25, 0.3) is 5.91 Å². The van der Waals surface area contributed by atoms with E-state index in [0.717, 1.165) is 18.5 Å². The van der Waals surface area contributed by atoms with E-state index in [-0.39, 0.29) is 18.4 Å². The van der Waals surface area contributed by atoms with Crippen LogP contribution in [0.5, 0.6) is 0 Å². The van der Waals surface area contributed by atoms with Crippen LogP contribution in [-0.4, -0.2) is 25.2 Å². The molecule has 162 valence electrons. The van der Waals surface area contributed by atoms with Gasteiger partial charge in [-0.25, -0.2) is 14.1 Å². The van der Waals surface area contributed by atoms with Gasteiger partial charge in [-0.1, -0.05) is 29.3 Å². The molecular formula is C23H18Cl2FN5O. The van der Waals surface area contributed by atoms with E-state index in [2.05, 4.69) is 15.4 Å². The van der Waals surface area contributed by atoms with Gasteiger partial charge < -0.3 is 9.88 Å². The highest BCUT2D eigenvalue weighted by molar-refractivity contribution is 6.35. The summed E-state index contributed by atoms with van der Waals surface area (Å²) in [4.78, 5) is 16.9. The van der Waals surface area contributed by atoms with Gasteiger partial charge >= 0.3 is 0 Å². The molecule has 9 heteroatoms. The van der Waals surface area contributed by atoms with Crippen LogP contribution in [0, 0.1) is 5.82 Å². The molecule has 0 atom stereocenters. The number of imidazole rings is 1. The average Bonchev–Trinajstić information content (AvgIpc) is 3.28. The number of rotatable bonds is 6. The van der Waals surface area contributed by atoms with Crippen LogP contribution < -0.4 is 5.32 Å². The minimum atomic E-state index is -0.390. The first-order valence-electron chi connectivity index (χ1n) is 10.1. The molecule has 0 unspecified atom stereocenters. The average molecular weight is 470 g/mol. The highest BCUT2D eigenvalue weighted by atomic mass is 35.5. The molecule has 1 aliphatic carbocycles. The van der Waals surface area contributed by atoms with E-state index in [1.54, 1.807) is 58.2 Å². The van der Waals surface area contributed by atoms with Crippen molar-refractivity contribution in [2.24, 2.45) is 0 Å². The van der Waals surface area contributed by atoms with Crippen LogP contribution in [0.1, 0.15) is 40.4 Å². The summed E-state index contributed by atoms with van der Waals surface area (Å²) < 4.78 is 17.8. The van der Waals surface area contributed by atoms with E-state index >= 15 is 0 Å². The molecule has 2 heterocycles. The molecule has 1 amide bonds. The number of halogens is 3. The number of carbonyl (C=O) groups is 1. The molecule has 0 radical (unpaired) electrons. The summed E-state index contributed by atoms with van der Waals surface area (Å²) in [5.41, 5.74) is 3.05. The molecule has 1 N–H and O–H groups in total. The molecule has 5 rings (SSSR count). The van der Waals surface area contributed by atoms with Crippen LogP contribution in [0.3, 0.4) is 0 Å². The van der Waals surface area contributed by atoms with Crippen LogP contribution in [-0.2, 0) is 6.54 Å². The smallest absolute Gasteiger partial charge is 0.255 e. The summed E-state index contributed by atoms with van der Waals surface area (Å²) in [6.45, 7) is 0.191. The molecule has 0 aliphatic heterocycles. The minimum Gasteiger partial charge on any atom is -0.348 e. The molecule has 32 heavy (non-hydrogen) atoms. The second-order valence-corrected chi connectivity index (χ2v) is 8.51. The molecule has 1 fully saturated rings. The molecule has 1 aliphatic rings. The lowest BCUT2D eigenvalue weighted by Gasteiger charge is -2.11. The quantitative estimate of drug-likeness (QED) is 0.416. The fourth-order valence-electron chi connectivity index (χ4n) is 3.68. The van der Waals surface area contributed by atoms with Crippen LogP contribution >= 0.6 is 23.2 Å². The number of aromatic nitrogens is 4. The predicted octanol–water partition coefficient (Wildman–Crippen LogP) is 5.31. The fourth-order valence-corrected chi connectivity index (χ4v) is 4.16. The summed E-state index contributed by atoms with van der Waals surface area (Å²) in [5, 5.41) is 8.30. The maximum Gasteiger partial charge on any atom is 0.255 e. The predicted molar refractivity (Wildman–Crippen MR) is 120 cm³/mol. The topological polar surface area (TPSA) is 64.7 Å². The Morgan fingerprint density at radius 2 is 1.97 bits per heavy atom. The first-order valence-corrected chi connectivity index (χ1v) is 10.8. The number of nitrogens with one attached hydrogen (secondary N) is 1. The highest BCUT2D eigenvalue weighted by Crippen LogP contribution is 2.43. The molecule has 2 aromatic heterocycles. The summed E-state index contributed by atoms with van der Waals surface area (Å²) in [5.74, 6) is -0.405. The molecule has 1 saturated carbocycles. The molecule has 0 bridgehead atoms. The number of hydrogen-bond donors (Lipinski definition) is 1. The number of benzene rings is 2. The molecule has 2 aromatic carbocycles. The third-order valence-electron chi connectivity index (χ3n) is 5.40. The van der Waals surface area contributed by atoms with E-state index < -0.39 is 5.82 Å². The van der Waals surface area contributed by atoms with Crippen molar-refractivity contribution in [3.8, 4) is 11.4 Å². The Labute approximate surface area is 193 Å². The summed E-state index contributed by atoms with van der Waals surface area (Å²) in [6, 6.07) is 10.0. The summed E-state index contributed by atoms with van der Waals surface area (Å²) in [7, 11) is 0. The van der Waals surface area contributed by atoms with Crippen molar-refractivity contribution in [1.29, 1.82) is 0 Å². The van der Waals surface area contributed by atoms with Crippen molar-refractivity contribution in [2.75, 3.05) is 0 Å². The normalized spacial score (nSPS) is 13.3. The van der Waals surface area contributed by atoms with Crippen molar-refractivity contribution in [2.45, 2.75) is 25.3 Å². The van der Waals surface area contributed by atoms with Gasteiger partial charge in [0.1, 0.15) is 5.82 Å². The van der Waals surface area contributed by atoms with Crippen LogP contribution in [0.15, 0.2) is 61.3 Å². The zero-order chi connectivity index (χ0) is 22.2. The number of carbonyl (C=O) groups excluding carboxylic acids is 1. The maximum absolute atomic E-state index is 14.5. The van der Waals surface area contributed by atoms with E-state index in [1.165, 1.54) is 12.4 Å². The molecule has 6 nitrogen and oxygen atoms in total. The van der Waals surface area contributed by atoms with Gasteiger partial charge in [0.05, 0.1) is 40.2 Å². The van der Waals surface area contributed by atoms with Gasteiger partial charge in [-0.05, 0) is 48.7 Å². The number of amides is 1. The van der Waals surface area contributed by atoms with Crippen LogP contribution in [0.2, 0.25) is 10.0 Å². The van der Waals surface area contributed by atoms with Crippen molar-refractivity contribution < 1.29 is 9.18 Å². The van der Waals surface area contributed by atoms with Gasteiger partial charge in [0, 0.05) is 29.9 Å². The molecule has 4 aromatic rings. The Hall–Kier alpha value is -3.16. The van der Waals surface area contributed by atoms with E-state index in [1.807, 2.05) is 0 Å².